The molecular weight excluding hydrogens is 421 g/mol. The first-order valence-electron chi connectivity index (χ1n) is 11.5. The van der Waals surface area contributed by atoms with Gasteiger partial charge in [-0.15, -0.1) is 0 Å². The molecule has 0 spiro atoms. The van der Waals surface area contributed by atoms with Crippen LogP contribution in [0.15, 0.2) is 54.6 Å². The summed E-state index contributed by atoms with van der Waals surface area (Å²) in [6.07, 6.45) is 2.33. The highest BCUT2D eigenvalue weighted by Crippen LogP contribution is 2.35. The number of para-hydroxylation sites is 1. The first kappa shape index (κ1) is 24.9. The van der Waals surface area contributed by atoms with Gasteiger partial charge in [0.15, 0.2) is 11.6 Å². The number of hydrogen-bond acceptors (Lipinski definition) is 5. The third-order valence-electron chi connectivity index (χ3n) is 5.53. The van der Waals surface area contributed by atoms with Gasteiger partial charge in [0.05, 0.1) is 18.3 Å². The summed E-state index contributed by atoms with van der Waals surface area (Å²) in [5.74, 6) is 0.189. The van der Waals surface area contributed by atoms with E-state index in [1.54, 1.807) is 37.0 Å². The average Bonchev–Trinajstić information content (AvgIpc) is 3.13. The van der Waals surface area contributed by atoms with E-state index in [4.69, 9.17) is 14.6 Å². The fourth-order valence-electron chi connectivity index (χ4n) is 3.79. The van der Waals surface area contributed by atoms with Crippen LogP contribution in [0, 0.1) is 5.82 Å². The predicted octanol–water partition coefficient (Wildman–Crippen LogP) is 5.02. The molecule has 0 saturated heterocycles. The average molecular weight is 456 g/mol. The monoisotopic (exact) mass is 455 g/mol. The highest BCUT2D eigenvalue weighted by atomic mass is 19.1. The standard InChI is InChI=1S/C26H34FN3O3/c1-4-5-13-21(31)18-30(16-17-32-3)19-22-25(20-11-7-6-8-12-20)28-29(2)26(22)33-24-15-10-9-14-23(24)27/h6-12,14-15,21,31H,4-5,13,16-19H2,1-3H3. The maximum atomic E-state index is 14.4. The Morgan fingerprint density at radius 2 is 1.85 bits per heavy atom. The van der Waals surface area contributed by atoms with Gasteiger partial charge in [0.1, 0.15) is 5.69 Å². The second-order valence-corrected chi connectivity index (χ2v) is 8.18. The van der Waals surface area contributed by atoms with E-state index in [9.17, 15) is 9.50 Å². The van der Waals surface area contributed by atoms with Crippen LogP contribution in [-0.4, -0.2) is 52.7 Å². The Bertz CT molecular complexity index is 994. The number of halogens is 1. The number of aliphatic hydroxyl groups is 1. The zero-order valence-electron chi connectivity index (χ0n) is 19.7. The van der Waals surface area contributed by atoms with E-state index in [0.717, 1.165) is 36.1 Å². The van der Waals surface area contributed by atoms with Gasteiger partial charge in [0.2, 0.25) is 5.88 Å². The molecule has 7 heteroatoms. The largest absolute Gasteiger partial charge is 0.436 e. The second kappa shape index (κ2) is 12.5. The van der Waals surface area contributed by atoms with Crippen LogP contribution in [0.25, 0.3) is 11.3 Å². The van der Waals surface area contributed by atoms with E-state index in [1.807, 2.05) is 30.3 Å². The molecule has 178 valence electrons. The SMILES string of the molecule is CCCCC(O)CN(CCOC)Cc1c(-c2ccccc2)nn(C)c1Oc1ccccc1F. The quantitative estimate of drug-likeness (QED) is 0.392. The minimum absolute atomic E-state index is 0.146. The molecule has 1 N–H and O–H groups in total. The van der Waals surface area contributed by atoms with Crippen LogP contribution in [0.4, 0.5) is 4.39 Å². The molecule has 0 aliphatic rings. The van der Waals surface area contributed by atoms with Crippen LogP contribution in [-0.2, 0) is 18.3 Å². The summed E-state index contributed by atoms with van der Waals surface area (Å²) in [5.41, 5.74) is 2.56. The maximum absolute atomic E-state index is 14.4. The Hall–Kier alpha value is -2.74. The zero-order valence-corrected chi connectivity index (χ0v) is 19.7. The van der Waals surface area contributed by atoms with Crippen molar-refractivity contribution < 1.29 is 19.0 Å². The molecule has 3 rings (SSSR count). The lowest BCUT2D eigenvalue weighted by Gasteiger charge is -2.25. The van der Waals surface area contributed by atoms with Crippen molar-refractivity contribution in [1.29, 1.82) is 0 Å². The number of ether oxygens (including phenoxy) is 2. The van der Waals surface area contributed by atoms with E-state index in [0.29, 0.717) is 32.1 Å². The summed E-state index contributed by atoms with van der Waals surface area (Å²) in [6, 6.07) is 16.2. The van der Waals surface area contributed by atoms with E-state index >= 15 is 0 Å². The van der Waals surface area contributed by atoms with E-state index in [-0.39, 0.29) is 5.75 Å². The van der Waals surface area contributed by atoms with Crippen molar-refractivity contribution >= 4 is 0 Å². The van der Waals surface area contributed by atoms with E-state index in [2.05, 4.69) is 11.8 Å². The van der Waals surface area contributed by atoms with Crippen LogP contribution in [0.1, 0.15) is 31.7 Å². The van der Waals surface area contributed by atoms with Gasteiger partial charge in [-0.05, 0) is 18.6 Å². The van der Waals surface area contributed by atoms with Crippen molar-refractivity contribution in [3.63, 3.8) is 0 Å². The zero-order chi connectivity index (χ0) is 23.6. The summed E-state index contributed by atoms with van der Waals surface area (Å²) in [5, 5.41) is 15.3. The fraction of sp³-hybridized carbons (Fsp3) is 0.423. The smallest absolute Gasteiger partial charge is 0.222 e. The van der Waals surface area contributed by atoms with Gasteiger partial charge in [0.25, 0.3) is 0 Å². The lowest BCUT2D eigenvalue weighted by Crippen LogP contribution is -2.34. The minimum Gasteiger partial charge on any atom is -0.436 e. The van der Waals surface area contributed by atoms with Gasteiger partial charge in [0, 0.05) is 39.4 Å². The Morgan fingerprint density at radius 1 is 1.12 bits per heavy atom. The molecule has 33 heavy (non-hydrogen) atoms. The molecule has 1 heterocycles. The molecule has 1 unspecified atom stereocenters. The molecule has 3 aromatic rings. The van der Waals surface area contributed by atoms with Crippen molar-refractivity contribution in [2.45, 2.75) is 38.8 Å². The molecule has 1 aromatic heterocycles. The van der Waals surface area contributed by atoms with Crippen LogP contribution in [0.2, 0.25) is 0 Å². The molecule has 0 saturated carbocycles. The molecule has 0 radical (unpaired) electrons. The lowest BCUT2D eigenvalue weighted by molar-refractivity contribution is 0.0788. The molecule has 1 atom stereocenters. The van der Waals surface area contributed by atoms with Crippen molar-refractivity contribution in [1.82, 2.24) is 14.7 Å². The van der Waals surface area contributed by atoms with Gasteiger partial charge < -0.3 is 14.6 Å². The summed E-state index contributed by atoms with van der Waals surface area (Å²) in [7, 11) is 3.46. The molecule has 0 aliphatic carbocycles. The third kappa shape index (κ3) is 6.87. The first-order chi connectivity index (χ1) is 16.0. The van der Waals surface area contributed by atoms with Crippen LogP contribution < -0.4 is 4.74 Å². The summed E-state index contributed by atoms with van der Waals surface area (Å²) in [6.45, 7) is 4.27. The van der Waals surface area contributed by atoms with E-state index < -0.39 is 11.9 Å². The second-order valence-electron chi connectivity index (χ2n) is 8.18. The van der Waals surface area contributed by atoms with Crippen molar-refractivity contribution in [2.24, 2.45) is 7.05 Å². The van der Waals surface area contributed by atoms with Gasteiger partial charge in [-0.25, -0.2) is 9.07 Å². The molecule has 0 aliphatic heterocycles. The Morgan fingerprint density at radius 3 is 2.55 bits per heavy atom. The fourth-order valence-corrected chi connectivity index (χ4v) is 3.79. The highest BCUT2D eigenvalue weighted by molar-refractivity contribution is 5.65. The summed E-state index contributed by atoms with van der Waals surface area (Å²) < 4.78 is 27.4. The Kier molecular flexibility index (Phi) is 9.42. The number of aryl methyl sites for hydroxylation is 1. The Labute approximate surface area is 195 Å². The molecule has 0 amide bonds. The highest BCUT2D eigenvalue weighted by Gasteiger charge is 2.24. The lowest BCUT2D eigenvalue weighted by atomic mass is 10.1. The number of benzene rings is 2. The van der Waals surface area contributed by atoms with Crippen LogP contribution in [0.3, 0.4) is 0 Å². The minimum atomic E-state index is -0.436. The number of unbranched alkanes of at least 4 members (excludes halogenated alkanes) is 1. The molecule has 2 aromatic carbocycles. The number of nitrogens with zero attached hydrogens (tertiary/aromatic N) is 3. The van der Waals surface area contributed by atoms with Crippen molar-refractivity contribution in [2.75, 3.05) is 26.8 Å². The molecule has 0 fully saturated rings. The number of methoxy groups -OCH3 is 1. The van der Waals surface area contributed by atoms with E-state index in [1.165, 1.54) is 6.07 Å². The van der Waals surface area contributed by atoms with Crippen LogP contribution >= 0.6 is 0 Å². The number of hydrogen-bond donors (Lipinski definition) is 1. The molecule has 0 bridgehead atoms. The van der Waals surface area contributed by atoms with Crippen molar-refractivity contribution in [3.8, 4) is 22.9 Å². The molecule has 6 nitrogen and oxygen atoms in total. The maximum Gasteiger partial charge on any atom is 0.222 e. The van der Waals surface area contributed by atoms with Crippen LogP contribution in [0.5, 0.6) is 11.6 Å². The topological polar surface area (TPSA) is 59.8 Å². The number of aromatic nitrogens is 2. The molecular formula is C26H34FN3O3. The summed E-state index contributed by atoms with van der Waals surface area (Å²) in [4.78, 5) is 2.14. The number of aliphatic hydroxyl groups excluding tert-OH is 1. The van der Waals surface area contributed by atoms with Gasteiger partial charge in [-0.3, -0.25) is 4.90 Å². The third-order valence-corrected chi connectivity index (χ3v) is 5.53. The van der Waals surface area contributed by atoms with Gasteiger partial charge in [-0.1, -0.05) is 62.2 Å². The Balaban J connectivity index is 1.97. The van der Waals surface area contributed by atoms with Crippen molar-refractivity contribution in [3.05, 3.63) is 66.0 Å². The van der Waals surface area contributed by atoms with Gasteiger partial charge >= 0.3 is 0 Å². The summed E-state index contributed by atoms with van der Waals surface area (Å²) >= 11 is 0. The van der Waals surface area contributed by atoms with Gasteiger partial charge in [-0.2, -0.15) is 5.10 Å². The number of rotatable bonds is 13. The normalized spacial score (nSPS) is 12.3. The predicted molar refractivity (Wildman–Crippen MR) is 128 cm³/mol. The first-order valence-corrected chi connectivity index (χ1v) is 11.5.